The summed E-state index contributed by atoms with van der Waals surface area (Å²) >= 11 is 0. The third-order valence-corrected chi connectivity index (χ3v) is 5.75. The van der Waals surface area contributed by atoms with Crippen molar-refractivity contribution < 1.29 is 4.79 Å². The lowest BCUT2D eigenvalue weighted by Crippen LogP contribution is -2.52. The number of H-pyrrole nitrogens is 1. The second-order valence-corrected chi connectivity index (χ2v) is 7.66. The van der Waals surface area contributed by atoms with Crippen LogP contribution in [0.2, 0.25) is 0 Å². The molecule has 0 radical (unpaired) electrons. The first-order valence-electron chi connectivity index (χ1n) is 10.4. The van der Waals surface area contributed by atoms with Crippen LogP contribution in [0.1, 0.15) is 24.9 Å². The van der Waals surface area contributed by atoms with Gasteiger partial charge in [-0.2, -0.15) is 0 Å². The average Bonchev–Trinajstić information content (AvgIpc) is 2.77. The average molecular weight is 406 g/mol. The molecule has 7 nitrogen and oxygen atoms in total. The molecular weight excluding hydrogens is 380 g/mol. The summed E-state index contributed by atoms with van der Waals surface area (Å²) in [5.41, 5.74) is 0.775. The molecule has 3 aromatic rings. The molecule has 156 valence electrons. The highest BCUT2D eigenvalue weighted by Crippen LogP contribution is 2.16. The molecule has 1 aliphatic heterocycles. The van der Waals surface area contributed by atoms with E-state index in [9.17, 15) is 14.4 Å². The van der Waals surface area contributed by atoms with Gasteiger partial charge in [-0.25, -0.2) is 9.36 Å². The minimum Gasteiger partial charge on any atom is -0.338 e. The zero-order chi connectivity index (χ0) is 21.1. The van der Waals surface area contributed by atoms with Gasteiger partial charge in [-0.15, -0.1) is 0 Å². The van der Waals surface area contributed by atoms with Gasteiger partial charge in [0, 0.05) is 32.7 Å². The van der Waals surface area contributed by atoms with Crippen LogP contribution >= 0.6 is 0 Å². The van der Waals surface area contributed by atoms with Gasteiger partial charge in [0.1, 0.15) is 6.04 Å². The van der Waals surface area contributed by atoms with Crippen LogP contribution in [0.25, 0.3) is 10.9 Å². The van der Waals surface area contributed by atoms with E-state index >= 15 is 0 Å². The van der Waals surface area contributed by atoms with Crippen LogP contribution < -0.4 is 11.2 Å². The summed E-state index contributed by atoms with van der Waals surface area (Å²) in [6.45, 7) is 5.38. The van der Waals surface area contributed by atoms with Crippen LogP contribution in [0.3, 0.4) is 0 Å². The lowest BCUT2D eigenvalue weighted by atomic mass is 10.1. The second kappa shape index (κ2) is 8.67. The number of aromatic amines is 1. The number of hydrogen-bond donors (Lipinski definition) is 1. The van der Waals surface area contributed by atoms with E-state index in [2.05, 4.69) is 22.0 Å². The van der Waals surface area contributed by atoms with E-state index in [0.29, 0.717) is 30.4 Å². The number of carbonyl (C=O) groups excluding carboxylic acids is 1. The molecule has 1 aromatic heterocycles. The molecule has 0 bridgehead atoms. The van der Waals surface area contributed by atoms with Crippen molar-refractivity contribution >= 4 is 16.8 Å². The Bertz CT molecular complexity index is 1140. The number of nitrogens with zero attached hydrogens (tertiary/aromatic N) is 3. The summed E-state index contributed by atoms with van der Waals surface area (Å²) in [4.78, 5) is 45.6. The van der Waals surface area contributed by atoms with E-state index < -0.39 is 17.3 Å². The van der Waals surface area contributed by atoms with Crippen LogP contribution in [0.5, 0.6) is 0 Å². The van der Waals surface area contributed by atoms with Crippen molar-refractivity contribution in [1.82, 2.24) is 19.4 Å². The van der Waals surface area contributed by atoms with Crippen LogP contribution in [-0.2, 0) is 11.3 Å². The number of hydrogen-bond acceptors (Lipinski definition) is 4. The molecule has 30 heavy (non-hydrogen) atoms. The zero-order valence-corrected chi connectivity index (χ0v) is 17.1. The number of para-hydroxylation sites is 1. The number of piperazine rings is 1. The summed E-state index contributed by atoms with van der Waals surface area (Å²) in [5.74, 6) is -0.167. The molecule has 2 aromatic carbocycles. The normalized spacial score (nSPS) is 16.0. The summed E-state index contributed by atoms with van der Waals surface area (Å²) in [5, 5.41) is 0.413. The van der Waals surface area contributed by atoms with Crippen molar-refractivity contribution in [2.75, 3.05) is 26.2 Å². The Kier molecular flexibility index (Phi) is 5.81. The molecule has 1 N–H and O–H groups in total. The topological polar surface area (TPSA) is 78.4 Å². The Morgan fingerprint density at radius 3 is 2.33 bits per heavy atom. The van der Waals surface area contributed by atoms with Gasteiger partial charge in [0.05, 0.1) is 10.9 Å². The van der Waals surface area contributed by atoms with Gasteiger partial charge in [0.15, 0.2) is 0 Å². The summed E-state index contributed by atoms with van der Waals surface area (Å²) in [7, 11) is 0. The highest BCUT2D eigenvalue weighted by Gasteiger charge is 2.29. The standard InChI is InChI=1S/C23H26N4O3/c1-2-20(27-21(28)18-10-6-7-11-19(18)24-23(27)30)22(29)26-14-12-25(13-15-26)16-17-8-4-3-5-9-17/h3-11,20H,2,12-16H2,1H3,(H,24,30)/t20-/m1/s1. The number of carbonyl (C=O) groups is 1. The third-order valence-electron chi connectivity index (χ3n) is 5.75. The lowest BCUT2D eigenvalue weighted by molar-refractivity contribution is -0.137. The quantitative estimate of drug-likeness (QED) is 0.703. The predicted octanol–water partition coefficient (Wildman–Crippen LogP) is 1.99. The molecule has 1 saturated heterocycles. The zero-order valence-electron chi connectivity index (χ0n) is 17.1. The van der Waals surface area contributed by atoms with E-state index in [-0.39, 0.29) is 5.91 Å². The highest BCUT2D eigenvalue weighted by atomic mass is 16.2. The Morgan fingerprint density at radius 2 is 1.63 bits per heavy atom. The maximum atomic E-state index is 13.2. The SMILES string of the molecule is CC[C@H](C(=O)N1CCN(Cc2ccccc2)CC1)n1c(=O)[nH]c2ccccc2c1=O. The van der Waals surface area contributed by atoms with Crippen LogP contribution in [0.4, 0.5) is 0 Å². The molecule has 2 heterocycles. The van der Waals surface area contributed by atoms with Crippen molar-refractivity contribution in [3.63, 3.8) is 0 Å². The van der Waals surface area contributed by atoms with Crippen molar-refractivity contribution in [2.24, 2.45) is 0 Å². The van der Waals surface area contributed by atoms with Gasteiger partial charge in [0.25, 0.3) is 5.56 Å². The first kappa shape index (κ1) is 20.1. The number of fused-ring (bicyclic) bond motifs is 1. The van der Waals surface area contributed by atoms with Crippen molar-refractivity contribution in [3.05, 3.63) is 81.0 Å². The van der Waals surface area contributed by atoms with Gasteiger partial charge < -0.3 is 9.88 Å². The largest absolute Gasteiger partial charge is 0.338 e. The van der Waals surface area contributed by atoms with Gasteiger partial charge in [-0.05, 0) is 24.1 Å². The Labute approximate surface area is 174 Å². The molecule has 1 aliphatic rings. The number of amides is 1. The first-order chi connectivity index (χ1) is 14.6. The molecule has 7 heteroatoms. The van der Waals surface area contributed by atoms with E-state index in [1.807, 2.05) is 25.1 Å². The smallest absolute Gasteiger partial charge is 0.329 e. The van der Waals surface area contributed by atoms with Crippen LogP contribution in [-0.4, -0.2) is 51.4 Å². The Balaban J connectivity index is 1.51. The monoisotopic (exact) mass is 406 g/mol. The fourth-order valence-electron chi connectivity index (χ4n) is 4.11. The molecule has 0 unspecified atom stereocenters. The number of aromatic nitrogens is 2. The number of nitrogens with one attached hydrogen (secondary N) is 1. The number of benzene rings is 2. The van der Waals surface area contributed by atoms with Crippen molar-refractivity contribution in [3.8, 4) is 0 Å². The molecule has 1 amide bonds. The van der Waals surface area contributed by atoms with Crippen molar-refractivity contribution in [1.29, 1.82) is 0 Å². The Hall–Kier alpha value is -3.19. The fourth-order valence-corrected chi connectivity index (χ4v) is 4.11. The van der Waals surface area contributed by atoms with E-state index in [1.54, 1.807) is 29.2 Å². The second-order valence-electron chi connectivity index (χ2n) is 7.66. The minimum atomic E-state index is -0.800. The molecule has 0 saturated carbocycles. The van der Waals surface area contributed by atoms with Crippen LogP contribution in [0, 0.1) is 0 Å². The molecule has 1 fully saturated rings. The van der Waals surface area contributed by atoms with E-state index in [4.69, 9.17) is 0 Å². The molecule has 0 spiro atoms. The van der Waals surface area contributed by atoms with Crippen molar-refractivity contribution in [2.45, 2.75) is 25.9 Å². The van der Waals surface area contributed by atoms with Crippen LogP contribution in [0.15, 0.2) is 64.2 Å². The van der Waals surface area contributed by atoms with Gasteiger partial charge >= 0.3 is 5.69 Å². The first-order valence-corrected chi connectivity index (χ1v) is 10.4. The maximum Gasteiger partial charge on any atom is 0.329 e. The summed E-state index contributed by atoms with van der Waals surface area (Å²) in [6.07, 6.45) is 0.379. The fraction of sp³-hybridized carbons (Fsp3) is 0.348. The summed E-state index contributed by atoms with van der Waals surface area (Å²) < 4.78 is 1.08. The minimum absolute atomic E-state index is 0.167. The Morgan fingerprint density at radius 1 is 0.967 bits per heavy atom. The van der Waals surface area contributed by atoms with Gasteiger partial charge in [-0.1, -0.05) is 49.4 Å². The molecule has 4 rings (SSSR count). The summed E-state index contributed by atoms with van der Waals surface area (Å²) in [6, 6.07) is 16.3. The molecular formula is C23H26N4O3. The predicted molar refractivity (Wildman–Crippen MR) is 116 cm³/mol. The third kappa shape index (κ3) is 3.93. The lowest BCUT2D eigenvalue weighted by Gasteiger charge is -2.36. The highest BCUT2D eigenvalue weighted by molar-refractivity contribution is 5.82. The van der Waals surface area contributed by atoms with E-state index in [0.717, 1.165) is 24.2 Å². The molecule has 0 aliphatic carbocycles. The molecule has 1 atom stereocenters. The van der Waals surface area contributed by atoms with E-state index in [1.165, 1.54) is 5.56 Å². The number of rotatable bonds is 5. The van der Waals surface area contributed by atoms with Gasteiger partial charge in [-0.3, -0.25) is 14.5 Å². The maximum absolute atomic E-state index is 13.2. The van der Waals surface area contributed by atoms with Gasteiger partial charge in [0.2, 0.25) is 5.91 Å².